The Labute approximate surface area is 115 Å². The SMILES string of the molecule is CCCC(=O)NCC(=O)c1ccc(C(C)(C)C)cc1. The van der Waals surface area contributed by atoms with Crippen molar-refractivity contribution in [1.29, 1.82) is 0 Å². The highest BCUT2D eigenvalue weighted by molar-refractivity contribution is 5.99. The van der Waals surface area contributed by atoms with Gasteiger partial charge in [-0.15, -0.1) is 0 Å². The number of carbonyl (C=O) groups excluding carboxylic acids is 2. The zero-order valence-corrected chi connectivity index (χ0v) is 12.2. The zero-order valence-electron chi connectivity index (χ0n) is 12.2. The molecule has 3 nitrogen and oxygen atoms in total. The van der Waals surface area contributed by atoms with Crippen molar-refractivity contribution in [2.45, 2.75) is 46.0 Å². The third-order valence-corrected chi connectivity index (χ3v) is 3.00. The second kappa shape index (κ2) is 6.50. The van der Waals surface area contributed by atoms with E-state index in [4.69, 9.17) is 0 Å². The number of hydrogen-bond acceptors (Lipinski definition) is 2. The van der Waals surface area contributed by atoms with Gasteiger partial charge in [-0.25, -0.2) is 0 Å². The lowest BCUT2D eigenvalue weighted by molar-refractivity contribution is -0.120. The van der Waals surface area contributed by atoms with Crippen molar-refractivity contribution in [2.75, 3.05) is 6.54 Å². The van der Waals surface area contributed by atoms with Crippen LogP contribution >= 0.6 is 0 Å². The molecule has 0 bridgehead atoms. The number of nitrogens with one attached hydrogen (secondary N) is 1. The monoisotopic (exact) mass is 261 g/mol. The van der Waals surface area contributed by atoms with Gasteiger partial charge in [0.2, 0.25) is 5.91 Å². The largest absolute Gasteiger partial charge is 0.349 e. The van der Waals surface area contributed by atoms with Gasteiger partial charge in [0.15, 0.2) is 5.78 Å². The fourth-order valence-electron chi connectivity index (χ4n) is 1.75. The Morgan fingerprint density at radius 1 is 1.11 bits per heavy atom. The summed E-state index contributed by atoms with van der Waals surface area (Å²) in [5, 5.41) is 2.64. The van der Waals surface area contributed by atoms with E-state index in [1.54, 1.807) is 0 Å². The minimum absolute atomic E-state index is 0.0510. The highest BCUT2D eigenvalue weighted by Gasteiger charge is 2.14. The van der Waals surface area contributed by atoms with E-state index in [9.17, 15) is 9.59 Å². The van der Waals surface area contributed by atoms with Crippen molar-refractivity contribution < 1.29 is 9.59 Å². The summed E-state index contributed by atoms with van der Waals surface area (Å²) >= 11 is 0. The van der Waals surface area contributed by atoms with Gasteiger partial charge in [0.1, 0.15) is 0 Å². The molecule has 0 atom stereocenters. The van der Waals surface area contributed by atoms with Crippen LogP contribution in [0.25, 0.3) is 0 Å². The van der Waals surface area contributed by atoms with Crippen LogP contribution in [0, 0.1) is 0 Å². The average Bonchev–Trinajstić information content (AvgIpc) is 2.35. The third-order valence-electron chi connectivity index (χ3n) is 3.00. The Kier molecular flexibility index (Phi) is 5.28. The molecule has 19 heavy (non-hydrogen) atoms. The minimum atomic E-state index is -0.0674. The first-order chi connectivity index (χ1) is 8.84. The van der Waals surface area contributed by atoms with Gasteiger partial charge < -0.3 is 5.32 Å². The van der Waals surface area contributed by atoms with Gasteiger partial charge in [0.05, 0.1) is 6.54 Å². The number of ketones is 1. The standard InChI is InChI=1S/C16H23NO2/c1-5-6-15(19)17-11-14(18)12-7-9-13(10-8-12)16(2,3)4/h7-10H,5-6,11H2,1-4H3,(H,17,19). The molecule has 0 heterocycles. The van der Waals surface area contributed by atoms with Crippen LogP contribution in [0.5, 0.6) is 0 Å². The number of hydrogen-bond donors (Lipinski definition) is 1. The maximum Gasteiger partial charge on any atom is 0.220 e. The topological polar surface area (TPSA) is 46.2 Å². The van der Waals surface area contributed by atoms with E-state index >= 15 is 0 Å². The zero-order chi connectivity index (χ0) is 14.5. The quantitative estimate of drug-likeness (QED) is 0.828. The van der Waals surface area contributed by atoms with Crippen LogP contribution in [-0.4, -0.2) is 18.2 Å². The van der Waals surface area contributed by atoms with E-state index in [1.165, 1.54) is 5.56 Å². The molecule has 0 aliphatic rings. The normalized spacial score (nSPS) is 11.2. The maximum absolute atomic E-state index is 11.9. The van der Waals surface area contributed by atoms with Gasteiger partial charge >= 0.3 is 0 Å². The molecule has 0 fully saturated rings. The summed E-state index contributed by atoms with van der Waals surface area (Å²) in [5.41, 5.74) is 1.92. The second-order valence-corrected chi connectivity index (χ2v) is 5.78. The van der Waals surface area contributed by atoms with E-state index in [1.807, 2.05) is 31.2 Å². The van der Waals surface area contributed by atoms with Crippen molar-refractivity contribution in [2.24, 2.45) is 0 Å². The summed E-state index contributed by atoms with van der Waals surface area (Å²) in [5.74, 6) is -0.118. The third kappa shape index (κ3) is 4.86. The minimum Gasteiger partial charge on any atom is -0.349 e. The summed E-state index contributed by atoms with van der Waals surface area (Å²) in [6, 6.07) is 7.60. The van der Waals surface area contributed by atoms with Crippen LogP contribution < -0.4 is 5.32 Å². The van der Waals surface area contributed by atoms with E-state index in [0.29, 0.717) is 12.0 Å². The molecular formula is C16H23NO2. The van der Waals surface area contributed by atoms with Gasteiger partial charge in [0, 0.05) is 12.0 Å². The number of amides is 1. The Morgan fingerprint density at radius 2 is 1.68 bits per heavy atom. The number of Topliss-reactive ketones (excluding diaryl/α,β-unsaturated/α-hetero) is 1. The lowest BCUT2D eigenvalue weighted by atomic mass is 9.86. The molecule has 1 aromatic carbocycles. The fraction of sp³-hybridized carbons (Fsp3) is 0.500. The van der Waals surface area contributed by atoms with Crippen LogP contribution in [0.3, 0.4) is 0 Å². The smallest absolute Gasteiger partial charge is 0.220 e. The van der Waals surface area contributed by atoms with Crippen molar-refractivity contribution in [1.82, 2.24) is 5.32 Å². The molecule has 0 aromatic heterocycles. The summed E-state index contributed by atoms with van der Waals surface area (Å²) in [6.45, 7) is 8.42. The summed E-state index contributed by atoms with van der Waals surface area (Å²) in [4.78, 5) is 23.2. The first-order valence-corrected chi connectivity index (χ1v) is 6.75. The second-order valence-electron chi connectivity index (χ2n) is 5.78. The number of carbonyl (C=O) groups is 2. The Morgan fingerprint density at radius 3 is 2.16 bits per heavy atom. The van der Waals surface area contributed by atoms with Gasteiger partial charge in [0.25, 0.3) is 0 Å². The average molecular weight is 261 g/mol. The van der Waals surface area contributed by atoms with Crippen molar-refractivity contribution in [3.05, 3.63) is 35.4 Å². The van der Waals surface area contributed by atoms with Gasteiger partial charge in [-0.3, -0.25) is 9.59 Å². The van der Waals surface area contributed by atoms with Crippen LogP contribution in [0.4, 0.5) is 0 Å². The Bertz CT molecular complexity index is 441. The molecule has 0 saturated heterocycles. The molecule has 1 amide bonds. The van der Waals surface area contributed by atoms with Crippen molar-refractivity contribution >= 4 is 11.7 Å². The van der Waals surface area contributed by atoms with E-state index in [0.717, 1.165) is 6.42 Å². The molecule has 0 saturated carbocycles. The van der Waals surface area contributed by atoms with Crippen LogP contribution in [0.1, 0.15) is 56.5 Å². The molecule has 0 spiro atoms. The van der Waals surface area contributed by atoms with Crippen LogP contribution in [0.15, 0.2) is 24.3 Å². The van der Waals surface area contributed by atoms with E-state index < -0.39 is 0 Å². The Balaban J connectivity index is 2.61. The van der Waals surface area contributed by atoms with Crippen LogP contribution in [0.2, 0.25) is 0 Å². The molecule has 0 unspecified atom stereocenters. The van der Waals surface area contributed by atoms with Gasteiger partial charge in [-0.2, -0.15) is 0 Å². The predicted molar refractivity (Wildman–Crippen MR) is 77.4 cm³/mol. The number of rotatable bonds is 5. The highest BCUT2D eigenvalue weighted by atomic mass is 16.2. The maximum atomic E-state index is 11.9. The molecule has 1 N–H and O–H groups in total. The summed E-state index contributed by atoms with van der Waals surface area (Å²) < 4.78 is 0. The predicted octanol–water partition coefficient (Wildman–Crippen LogP) is 3.08. The highest BCUT2D eigenvalue weighted by Crippen LogP contribution is 2.22. The molecule has 0 aliphatic carbocycles. The van der Waals surface area contributed by atoms with Crippen molar-refractivity contribution in [3.8, 4) is 0 Å². The first kappa shape index (κ1) is 15.4. The molecule has 0 radical (unpaired) electrons. The molecule has 3 heteroatoms. The number of benzene rings is 1. The van der Waals surface area contributed by atoms with Gasteiger partial charge in [-0.1, -0.05) is 52.0 Å². The lowest BCUT2D eigenvalue weighted by Crippen LogP contribution is -2.29. The molecule has 1 rings (SSSR count). The summed E-state index contributed by atoms with van der Waals surface area (Å²) in [6.07, 6.45) is 1.26. The van der Waals surface area contributed by atoms with Crippen LogP contribution in [-0.2, 0) is 10.2 Å². The molecular weight excluding hydrogens is 238 g/mol. The molecule has 104 valence electrons. The summed E-state index contributed by atoms with van der Waals surface area (Å²) in [7, 11) is 0. The van der Waals surface area contributed by atoms with E-state index in [-0.39, 0.29) is 23.7 Å². The fourth-order valence-corrected chi connectivity index (χ4v) is 1.75. The molecule has 1 aromatic rings. The Hall–Kier alpha value is -1.64. The lowest BCUT2D eigenvalue weighted by Gasteiger charge is -2.19. The van der Waals surface area contributed by atoms with Gasteiger partial charge in [-0.05, 0) is 17.4 Å². The molecule has 0 aliphatic heterocycles. The van der Waals surface area contributed by atoms with E-state index in [2.05, 4.69) is 26.1 Å². The van der Waals surface area contributed by atoms with Crippen molar-refractivity contribution in [3.63, 3.8) is 0 Å². The first-order valence-electron chi connectivity index (χ1n) is 6.75.